The average Bonchev–Trinajstić information content (AvgIpc) is 2.62. The summed E-state index contributed by atoms with van der Waals surface area (Å²) in [6, 6.07) is 13.2. The van der Waals surface area contributed by atoms with Crippen LogP contribution in [0.1, 0.15) is 42.5 Å². The topological polar surface area (TPSA) is 37.4 Å². The van der Waals surface area contributed by atoms with Gasteiger partial charge in [-0.25, -0.2) is 4.98 Å². The molecule has 0 amide bonds. The number of nitrogens with zero attached hydrogens (tertiary/aromatic N) is 2. The fourth-order valence-corrected chi connectivity index (χ4v) is 3.40. The van der Waals surface area contributed by atoms with E-state index in [0.717, 1.165) is 26.2 Å². The molecule has 1 fully saturated rings. The molecule has 4 nitrogen and oxygen atoms in total. The van der Waals surface area contributed by atoms with Crippen LogP contribution in [-0.2, 0) is 6.54 Å². The van der Waals surface area contributed by atoms with Crippen LogP contribution in [0.25, 0.3) is 0 Å². The van der Waals surface area contributed by atoms with Gasteiger partial charge in [0.2, 0.25) is 5.88 Å². The minimum absolute atomic E-state index is 0.392. The highest BCUT2D eigenvalue weighted by Crippen LogP contribution is 2.27. The molecule has 1 atom stereocenters. The number of rotatable bonds is 5. The lowest BCUT2D eigenvalue weighted by Gasteiger charge is -2.35. The van der Waals surface area contributed by atoms with Crippen molar-refractivity contribution in [2.24, 2.45) is 0 Å². The Morgan fingerprint density at radius 1 is 1.25 bits per heavy atom. The molecule has 1 aromatic carbocycles. The van der Waals surface area contributed by atoms with E-state index in [1.807, 2.05) is 12.3 Å². The molecule has 1 aliphatic rings. The van der Waals surface area contributed by atoms with Gasteiger partial charge in [-0.1, -0.05) is 44.2 Å². The van der Waals surface area contributed by atoms with E-state index < -0.39 is 0 Å². The summed E-state index contributed by atoms with van der Waals surface area (Å²) in [5, 5.41) is 3.69. The first-order valence-corrected chi connectivity index (χ1v) is 8.71. The molecule has 1 saturated heterocycles. The summed E-state index contributed by atoms with van der Waals surface area (Å²) in [4.78, 5) is 6.81. The lowest BCUT2D eigenvalue weighted by atomic mass is 9.92. The third kappa shape index (κ3) is 3.94. The molecular weight excluding hydrogens is 298 g/mol. The van der Waals surface area contributed by atoms with Crippen LogP contribution in [0.2, 0.25) is 0 Å². The summed E-state index contributed by atoms with van der Waals surface area (Å²) in [6.45, 7) is 8.56. The summed E-state index contributed by atoms with van der Waals surface area (Å²) in [5.41, 5.74) is 4.11. The number of nitrogens with one attached hydrogen (secondary N) is 1. The van der Waals surface area contributed by atoms with Crippen molar-refractivity contribution in [1.29, 1.82) is 0 Å². The van der Waals surface area contributed by atoms with Crippen LogP contribution in [0.4, 0.5) is 0 Å². The molecule has 2 heterocycles. The van der Waals surface area contributed by atoms with Gasteiger partial charge in [0, 0.05) is 44.5 Å². The minimum atomic E-state index is 0.392. The van der Waals surface area contributed by atoms with E-state index in [-0.39, 0.29) is 0 Å². The minimum Gasteiger partial charge on any atom is -0.481 e. The molecular formula is C20H27N3O. The highest BCUT2D eigenvalue weighted by Gasteiger charge is 2.23. The predicted octanol–water partition coefficient (Wildman–Crippen LogP) is 3.36. The Labute approximate surface area is 144 Å². The quantitative estimate of drug-likeness (QED) is 0.915. The number of ether oxygens (including phenoxy) is 1. The smallest absolute Gasteiger partial charge is 0.212 e. The van der Waals surface area contributed by atoms with Gasteiger partial charge in [-0.05, 0) is 22.6 Å². The molecule has 0 bridgehead atoms. The fourth-order valence-electron chi connectivity index (χ4n) is 3.40. The molecule has 0 radical (unpaired) electrons. The van der Waals surface area contributed by atoms with Gasteiger partial charge < -0.3 is 10.1 Å². The summed E-state index contributed by atoms with van der Waals surface area (Å²) >= 11 is 0. The second-order valence-electron chi connectivity index (χ2n) is 6.73. The van der Waals surface area contributed by atoms with E-state index in [9.17, 15) is 0 Å². The Kier molecular flexibility index (Phi) is 5.48. The zero-order chi connectivity index (χ0) is 16.9. The van der Waals surface area contributed by atoms with Crippen molar-refractivity contribution < 1.29 is 4.74 Å². The maximum absolute atomic E-state index is 5.13. The lowest BCUT2D eigenvalue weighted by Crippen LogP contribution is -2.45. The van der Waals surface area contributed by atoms with E-state index in [1.54, 1.807) is 7.11 Å². The van der Waals surface area contributed by atoms with Crippen molar-refractivity contribution >= 4 is 0 Å². The first-order valence-electron chi connectivity index (χ1n) is 8.71. The standard InChI is InChI=1S/C20H27N3O/c1-15(2)17-6-4-5-7-18(17)19-14-23(11-10-21-19)13-16-8-9-20(24-3)22-12-16/h4-9,12,15,19,21H,10-11,13-14H2,1-3H3/t19-/m0/s1. The van der Waals surface area contributed by atoms with E-state index in [1.165, 1.54) is 16.7 Å². The van der Waals surface area contributed by atoms with Gasteiger partial charge in [-0.15, -0.1) is 0 Å². The molecule has 128 valence electrons. The van der Waals surface area contributed by atoms with Crippen molar-refractivity contribution in [1.82, 2.24) is 15.2 Å². The van der Waals surface area contributed by atoms with Gasteiger partial charge in [0.25, 0.3) is 0 Å². The Morgan fingerprint density at radius 3 is 2.79 bits per heavy atom. The molecule has 0 saturated carbocycles. The fraction of sp³-hybridized carbons (Fsp3) is 0.450. The molecule has 4 heteroatoms. The lowest BCUT2D eigenvalue weighted by molar-refractivity contribution is 0.192. The average molecular weight is 325 g/mol. The van der Waals surface area contributed by atoms with Crippen molar-refractivity contribution in [3.63, 3.8) is 0 Å². The monoisotopic (exact) mass is 325 g/mol. The van der Waals surface area contributed by atoms with Crippen LogP contribution >= 0.6 is 0 Å². The number of hydrogen-bond acceptors (Lipinski definition) is 4. The van der Waals surface area contributed by atoms with Crippen LogP contribution in [0.5, 0.6) is 5.88 Å². The van der Waals surface area contributed by atoms with Gasteiger partial charge in [0.1, 0.15) is 0 Å². The SMILES string of the molecule is COc1ccc(CN2CCN[C@H](c3ccccc3C(C)C)C2)cn1. The highest BCUT2D eigenvalue weighted by molar-refractivity contribution is 5.33. The number of methoxy groups -OCH3 is 1. The molecule has 0 unspecified atom stereocenters. The normalized spacial score (nSPS) is 18.8. The van der Waals surface area contributed by atoms with Gasteiger partial charge in [-0.3, -0.25) is 4.90 Å². The second kappa shape index (κ2) is 7.77. The van der Waals surface area contributed by atoms with Crippen molar-refractivity contribution in [3.05, 3.63) is 59.3 Å². The Balaban J connectivity index is 1.70. The third-order valence-corrected chi connectivity index (χ3v) is 4.67. The summed E-state index contributed by atoms with van der Waals surface area (Å²) in [6.07, 6.45) is 1.91. The van der Waals surface area contributed by atoms with Crippen LogP contribution in [-0.4, -0.2) is 36.6 Å². The maximum Gasteiger partial charge on any atom is 0.212 e. The van der Waals surface area contributed by atoms with Crippen LogP contribution < -0.4 is 10.1 Å². The Morgan fingerprint density at radius 2 is 2.08 bits per heavy atom. The van der Waals surface area contributed by atoms with E-state index in [0.29, 0.717) is 17.8 Å². The Bertz CT molecular complexity index is 654. The zero-order valence-electron chi connectivity index (χ0n) is 14.8. The number of hydrogen-bond donors (Lipinski definition) is 1. The van der Waals surface area contributed by atoms with Gasteiger partial charge >= 0.3 is 0 Å². The maximum atomic E-state index is 5.13. The molecule has 1 aromatic heterocycles. The molecule has 0 aliphatic carbocycles. The van der Waals surface area contributed by atoms with Crippen LogP contribution in [0.15, 0.2) is 42.6 Å². The van der Waals surface area contributed by atoms with E-state index in [4.69, 9.17) is 4.74 Å². The zero-order valence-corrected chi connectivity index (χ0v) is 14.8. The largest absolute Gasteiger partial charge is 0.481 e. The third-order valence-electron chi connectivity index (χ3n) is 4.67. The van der Waals surface area contributed by atoms with Gasteiger partial charge in [0.05, 0.1) is 7.11 Å². The summed E-state index contributed by atoms with van der Waals surface area (Å²) < 4.78 is 5.13. The summed E-state index contributed by atoms with van der Waals surface area (Å²) in [5.74, 6) is 1.21. The second-order valence-corrected chi connectivity index (χ2v) is 6.73. The van der Waals surface area contributed by atoms with E-state index in [2.05, 4.69) is 59.4 Å². The first kappa shape index (κ1) is 16.9. The molecule has 0 spiro atoms. The van der Waals surface area contributed by atoms with Crippen molar-refractivity contribution in [2.75, 3.05) is 26.7 Å². The number of benzene rings is 1. The van der Waals surface area contributed by atoms with Gasteiger partial charge in [-0.2, -0.15) is 0 Å². The number of pyridine rings is 1. The van der Waals surface area contributed by atoms with Crippen LogP contribution in [0, 0.1) is 0 Å². The molecule has 1 aliphatic heterocycles. The molecule has 24 heavy (non-hydrogen) atoms. The van der Waals surface area contributed by atoms with Crippen molar-refractivity contribution in [3.8, 4) is 5.88 Å². The number of aromatic nitrogens is 1. The van der Waals surface area contributed by atoms with E-state index >= 15 is 0 Å². The molecule has 2 aromatic rings. The Hall–Kier alpha value is -1.91. The van der Waals surface area contributed by atoms with Crippen LogP contribution in [0.3, 0.4) is 0 Å². The highest BCUT2D eigenvalue weighted by atomic mass is 16.5. The first-order chi connectivity index (χ1) is 11.7. The number of piperazine rings is 1. The molecule has 3 rings (SSSR count). The summed E-state index contributed by atoms with van der Waals surface area (Å²) in [7, 11) is 1.65. The predicted molar refractivity (Wildman–Crippen MR) is 97.3 cm³/mol. The molecule has 1 N–H and O–H groups in total. The van der Waals surface area contributed by atoms with Gasteiger partial charge in [0.15, 0.2) is 0 Å². The van der Waals surface area contributed by atoms with Crippen molar-refractivity contribution in [2.45, 2.75) is 32.4 Å².